The Morgan fingerprint density at radius 3 is 1.04 bits per heavy atom. The van der Waals surface area contributed by atoms with Crippen molar-refractivity contribution in [3.63, 3.8) is 0 Å². The van der Waals surface area contributed by atoms with E-state index in [-0.39, 0.29) is 17.1 Å². The number of benzene rings is 2. The van der Waals surface area contributed by atoms with Crippen LogP contribution in [0.3, 0.4) is 0 Å². The monoisotopic (exact) mass is 358 g/mol. The van der Waals surface area contributed by atoms with E-state index in [2.05, 4.69) is 37.5 Å². The summed E-state index contributed by atoms with van der Waals surface area (Å²) in [7, 11) is 0. The van der Waals surface area contributed by atoms with Crippen LogP contribution in [0.1, 0.15) is 50.7 Å². The van der Waals surface area contributed by atoms with Gasteiger partial charge in [0.1, 0.15) is 11.5 Å². The fraction of sp³-hybridized carbons (Fsp3) is 0.333. The van der Waals surface area contributed by atoms with Gasteiger partial charge < -0.3 is 20.3 Å². The molecule has 2 aromatic rings. The zero-order chi connectivity index (χ0) is 16.5. The molecule has 0 saturated carbocycles. The van der Waals surface area contributed by atoms with Crippen molar-refractivity contribution in [2.75, 3.05) is 0 Å². The van der Waals surface area contributed by atoms with Crippen LogP contribution in [0, 0.1) is 0 Å². The molecule has 5 heteroatoms. The van der Waals surface area contributed by atoms with E-state index >= 15 is 0 Å². The van der Waals surface area contributed by atoms with Gasteiger partial charge >= 0.3 is 17.1 Å². The van der Waals surface area contributed by atoms with Gasteiger partial charge in [-0.1, -0.05) is 52.0 Å². The smallest absolute Gasteiger partial charge is 0.664 e. The zero-order valence-corrected chi connectivity index (χ0v) is 14.9. The molecule has 0 atom stereocenters. The summed E-state index contributed by atoms with van der Waals surface area (Å²) in [6.07, 6.45) is 0. The predicted molar refractivity (Wildman–Crippen MR) is 82.3 cm³/mol. The van der Waals surface area contributed by atoms with Gasteiger partial charge in [-0.3, -0.25) is 0 Å². The molecule has 2 aromatic carbocycles. The molecule has 2 rings (SSSR count). The van der Waals surface area contributed by atoms with Gasteiger partial charge in [0.25, 0.3) is 0 Å². The van der Waals surface area contributed by atoms with Gasteiger partial charge in [-0.2, -0.15) is 0 Å². The summed E-state index contributed by atoms with van der Waals surface area (Å²) in [5.74, 6) is 1.73. The Bertz CT molecular complexity index is 484. The van der Waals surface area contributed by atoms with Crippen LogP contribution in [0.4, 0.5) is 0 Å². The van der Waals surface area contributed by atoms with E-state index in [0.717, 1.165) is 0 Å². The molecule has 0 N–H and O–H groups in total. The van der Waals surface area contributed by atoms with Crippen LogP contribution in [-0.4, -0.2) is 0 Å². The number of hydrogen-bond donors (Lipinski definition) is 0. The van der Waals surface area contributed by atoms with Crippen molar-refractivity contribution in [2.45, 2.75) is 39.5 Å². The second-order valence-corrected chi connectivity index (χ2v) is 5.61. The number of hydrogen-bond acceptors (Lipinski definition) is 4. The average Bonchev–Trinajstić information content (AvgIpc) is 2.55. The van der Waals surface area contributed by atoms with Crippen LogP contribution in [0.25, 0.3) is 0 Å². The van der Waals surface area contributed by atoms with Crippen LogP contribution < -0.4 is 20.3 Å². The van der Waals surface area contributed by atoms with E-state index in [1.165, 1.54) is 11.1 Å². The summed E-state index contributed by atoms with van der Waals surface area (Å²) in [5.41, 5.74) is 2.43. The Labute approximate surface area is 148 Å². The molecular formula is C18H22FeO4. The number of rotatable bonds is 4. The molecule has 0 aliphatic rings. The van der Waals surface area contributed by atoms with E-state index in [4.69, 9.17) is 0 Å². The summed E-state index contributed by atoms with van der Waals surface area (Å²) >= 11 is 0. The van der Waals surface area contributed by atoms with Gasteiger partial charge in [-0.25, -0.2) is 0 Å². The predicted octanol–water partition coefficient (Wildman–Crippen LogP) is 2.93. The Morgan fingerprint density at radius 2 is 0.870 bits per heavy atom. The summed E-state index contributed by atoms with van der Waals surface area (Å²) in [5, 5.41) is 19.8. The zero-order valence-electron chi connectivity index (χ0n) is 13.8. The van der Waals surface area contributed by atoms with Gasteiger partial charge in [0.2, 0.25) is 0 Å². The maximum atomic E-state index is 9.91. The van der Waals surface area contributed by atoms with Crippen molar-refractivity contribution >= 4 is 0 Å². The average molecular weight is 358 g/mol. The van der Waals surface area contributed by atoms with Crippen LogP contribution >= 0.6 is 0 Å². The van der Waals surface area contributed by atoms with E-state index in [1.807, 2.05) is 24.3 Å². The first-order valence-electron chi connectivity index (χ1n) is 7.27. The maximum Gasteiger partial charge on any atom is 2.00 e. The fourth-order valence-corrected chi connectivity index (χ4v) is 1.82. The topological polar surface area (TPSA) is 64.6 Å². The van der Waals surface area contributed by atoms with E-state index in [0.29, 0.717) is 23.3 Å². The second kappa shape index (κ2) is 11.1. The third-order valence-electron chi connectivity index (χ3n) is 3.29. The standard InChI is InChI=1S/2C9H12O2.Fe/c2*1-7(2)8-3-5-9(11-10)6-4-8;/h2*3-7,10H,1-2H3;/q;;+2/p-2. The van der Waals surface area contributed by atoms with Gasteiger partial charge in [0.05, 0.1) is 0 Å². The first-order chi connectivity index (χ1) is 10.5. The molecule has 0 amide bonds. The van der Waals surface area contributed by atoms with Crippen molar-refractivity contribution in [1.82, 2.24) is 0 Å². The third-order valence-corrected chi connectivity index (χ3v) is 3.29. The van der Waals surface area contributed by atoms with Crippen molar-refractivity contribution in [1.29, 1.82) is 0 Å². The second-order valence-electron chi connectivity index (χ2n) is 5.61. The first kappa shape index (κ1) is 21.5. The molecule has 0 spiro atoms. The minimum atomic E-state index is 0. The molecular weight excluding hydrogens is 336 g/mol. The van der Waals surface area contributed by atoms with E-state index in [9.17, 15) is 10.5 Å². The van der Waals surface area contributed by atoms with Crippen LogP contribution in [-0.2, 0) is 17.1 Å². The molecule has 0 radical (unpaired) electrons. The Hall–Kier alpha value is -1.52. The molecule has 126 valence electrons. The third kappa shape index (κ3) is 7.53. The quantitative estimate of drug-likeness (QED) is 0.479. The molecule has 0 saturated heterocycles. The van der Waals surface area contributed by atoms with Crippen LogP contribution in [0.15, 0.2) is 48.5 Å². The van der Waals surface area contributed by atoms with Gasteiger partial charge in [-0.05, 0) is 47.2 Å². The molecule has 0 aromatic heterocycles. The largest absolute Gasteiger partial charge is 2.00 e. The molecule has 23 heavy (non-hydrogen) atoms. The summed E-state index contributed by atoms with van der Waals surface area (Å²) < 4.78 is 0. The molecule has 0 bridgehead atoms. The van der Waals surface area contributed by atoms with E-state index < -0.39 is 0 Å². The van der Waals surface area contributed by atoms with Gasteiger partial charge in [0, 0.05) is 0 Å². The van der Waals surface area contributed by atoms with Crippen molar-refractivity contribution in [2.24, 2.45) is 0 Å². The minimum absolute atomic E-state index is 0. The van der Waals surface area contributed by atoms with Gasteiger partial charge in [0.15, 0.2) is 0 Å². The normalized spacial score (nSPS) is 9.74. The van der Waals surface area contributed by atoms with Crippen LogP contribution in [0.5, 0.6) is 11.5 Å². The molecule has 0 heterocycles. The summed E-state index contributed by atoms with van der Waals surface area (Å²) in [4.78, 5) is 7.60. The first-order valence-corrected chi connectivity index (χ1v) is 7.27. The van der Waals surface area contributed by atoms with Crippen molar-refractivity contribution < 1.29 is 37.4 Å². The van der Waals surface area contributed by atoms with Crippen molar-refractivity contribution in [3.05, 3.63) is 59.7 Å². The molecule has 0 aliphatic carbocycles. The SMILES string of the molecule is CC(C)c1ccc(O[O-])cc1.CC(C)c1ccc(O[O-])cc1.[Fe+2]. The van der Waals surface area contributed by atoms with E-state index in [1.54, 1.807) is 24.3 Å². The Balaban J connectivity index is 0.000000403. The molecule has 0 fully saturated rings. The Morgan fingerprint density at radius 1 is 0.609 bits per heavy atom. The molecule has 0 unspecified atom stereocenters. The fourth-order valence-electron chi connectivity index (χ4n) is 1.82. The van der Waals surface area contributed by atoms with Crippen LogP contribution in [0.2, 0.25) is 0 Å². The van der Waals surface area contributed by atoms with Crippen molar-refractivity contribution in [3.8, 4) is 11.5 Å². The molecule has 4 nitrogen and oxygen atoms in total. The maximum absolute atomic E-state index is 9.91. The summed E-state index contributed by atoms with van der Waals surface area (Å²) in [6.45, 7) is 8.42. The Kier molecular flexibility index (Phi) is 10.4. The molecule has 0 aliphatic heterocycles. The summed E-state index contributed by atoms with van der Waals surface area (Å²) in [6, 6.07) is 14.3. The van der Waals surface area contributed by atoms with Gasteiger partial charge in [-0.15, -0.1) is 0 Å². The minimum Gasteiger partial charge on any atom is -0.664 e.